The molecule has 0 saturated carbocycles. The van der Waals surface area contributed by atoms with Crippen molar-refractivity contribution in [3.8, 4) is 0 Å². The van der Waals surface area contributed by atoms with Crippen molar-refractivity contribution in [2.45, 2.75) is 57.7 Å². The van der Waals surface area contributed by atoms with Crippen molar-refractivity contribution in [2.24, 2.45) is 5.73 Å². The third-order valence-electron chi connectivity index (χ3n) is 6.82. The fraction of sp³-hybridized carbons (Fsp3) is 0.462. The smallest absolute Gasteiger partial charge is 0.330 e. The summed E-state index contributed by atoms with van der Waals surface area (Å²) in [6.45, 7) is 5.56. The van der Waals surface area contributed by atoms with Gasteiger partial charge in [0.15, 0.2) is 0 Å². The van der Waals surface area contributed by atoms with Crippen molar-refractivity contribution in [2.75, 3.05) is 20.8 Å². The van der Waals surface area contributed by atoms with Gasteiger partial charge in [-0.15, -0.1) is 0 Å². The zero-order chi connectivity index (χ0) is 25.0. The van der Waals surface area contributed by atoms with Crippen LogP contribution in [-0.4, -0.2) is 35.5 Å². The summed E-state index contributed by atoms with van der Waals surface area (Å²) in [7, 11) is 3.23. The van der Waals surface area contributed by atoms with Crippen molar-refractivity contribution in [1.82, 2.24) is 25.7 Å². The molecule has 0 bridgehead atoms. The number of fused-ring (bicyclic) bond motifs is 2. The molecule has 1 aliphatic rings. The Kier molecular flexibility index (Phi) is 7.83. The van der Waals surface area contributed by atoms with Gasteiger partial charge in [-0.1, -0.05) is 36.4 Å². The van der Waals surface area contributed by atoms with E-state index >= 15 is 0 Å². The van der Waals surface area contributed by atoms with E-state index in [4.69, 9.17) is 20.5 Å². The highest BCUT2D eigenvalue weighted by Crippen LogP contribution is 2.46. The van der Waals surface area contributed by atoms with Crippen LogP contribution in [0.5, 0.6) is 0 Å². The van der Waals surface area contributed by atoms with Crippen molar-refractivity contribution >= 4 is 0 Å². The van der Waals surface area contributed by atoms with Gasteiger partial charge in [0.1, 0.15) is 5.82 Å². The SMILES string of the molecule is CONCc1ccc2c(c1)CCc1cc(CNOC)ccc1C2(CCN)c1nn(C(C)C)c(=O)[nH]1. The van der Waals surface area contributed by atoms with E-state index in [0.717, 1.165) is 35.1 Å². The second-order valence-corrected chi connectivity index (χ2v) is 9.29. The standard InChI is InChI=1S/C26H36N6O3/c1-17(2)32-25(33)30-24(31-32)26(11-12-27)22-9-5-18(15-28-34-3)13-20(22)7-8-21-14-19(16-29-35-4)6-10-23(21)26/h5-6,9-10,13-14,17,28-29H,7-8,11-12,15-16,27H2,1-4H3,(H,30,31,33). The van der Waals surface area contributed by atoms with Crippen LogP contribution in [-0.2, 0) is 41.0 Å². The number of benzene rings is 2. The first-order valence-corrected chi connectivity index (χ1v) is 12.1. The Morgan fingerprint density at radius 2 is 1.57 bits per heavy atom. The molecule has 0 aliphatic heterocycles. The minimum Gasteiger partial charge on any atom is -0.330 e. The first kappa shape index (κ1) is 25.3. The molecule has 0 atom stereocenters. The van der Waals surface area contributed by atoms with E-state index in [-0.39, 0.29) is 11.7 Å². The summed E-state index contributed by atoms with van der Waals surface area (Å²) in [5.41, 5.74) is 18.2. The number of aromatic nitrogens is 3. The molecule has 5 N–H and O–H groups in total. The number of hydrogen-bond acceptors (Lipinski definition) is 7. The Morgan fingerprint density at radius 3 is 2.00 bits per heavy atom. The molecule has 3 aromatic rings. The molecular weight excluding hydrogens is 444 g/mol. The van der Waals surface area contributed by atoms with E-state index in [1.807, 2.05) is 13.8 Å². The van der Waals surface area contributed by atoms with Crippen LogP contribution in [0, 0.1) is 0 Å². The van der Waals surface area contributed by atoms with Gasteiger partial charge >= 0.3 is 5.69 Å². The first-order chi connectivity index (χ1) is 16.9. The summed E-state index contributed by atoms with van der Waals surface area (Å²) >= 11 is 0. The van der Waals surface area contributed by atoms with Gasteiger partial charge in [0.2, 0.25) is 0 Å². The summed E-state index contributed by atoms with van der Waals surface area (Å²) in [4.78, 5) is 26.1. The first-order valence-electron chi connectivity index (χ1n) is 12.1. The lowest BCUT2D eigenvalue weighted by molar-refractivity contribution is 0.0866. The zero-order valence-electron chi connectivity index (χ0n) is 21.0. The summed E-state index contributed by atoms with van der Waals surface area (Å²) < 4.78 is 1.52. The molecule has 1 aromatic heterocycles. The third-order valence-corrected chi connectivity index (χ3v) is 6.82. The van der Waals surface area contributed by atoms with Gasteiger partial charge in [0.25, 0.3) is 0 Å². The van der Waals surface area contributed by atoms with Crippen LogP contribution in [0.4, 0.5) is 0 Å². The predicted molar refractivity (Wildman–Crippen MR) is 135 cm³/mol. The average Bonchev–Trinajstić information content (AvgIpc) is 3.20. The third kappa shape index (κ3) is 4.82. The molecule has 35 heavy (non-hydrogen) atoms. The van der Waals surface area contributed by atoms with Gasteiger partial charge in [-0.05, 0) is 73.0 Å². The topological polar surface area (TPSA) is 119 Å². The lowest BCUT2D eigenvalue weighted by atomic mass is 9.69. The van der Waals surface area contributed by atoms with Crippen LogP contribution in [0.2, 0.25) is 0 Å². The molecule has 1 heterocycles. The number of H-pyrrole nitrogens is 1. The number of hydrogen-bond donors (Lipinski definition) is 4. The maximum Gasteiger partial charge on any atom is 0.343 e. The number of nitrogens with zero attached hydrogens (tertiary/aromatic N) is 2. The Labute approximate surface area is 205 Å². The van der Waals surface area contributed by atoms with Crippen LogP contribution >= 0.6 is 0 Å². The molecule has 9 nitrogen and oxygen atoms in total. The molecule has 0 radical (unpaired) electrons. The molecule has 0 unspecified atom stereocenters. The van der Waals surface area contributed by atoms with Gasteiger partial charge in [-0.25, -0.2) is 9.48 Å². The zero-order valence-corrected chi connectivity index (χ0v) is 21.0. The number of nitrogens with one attached hydrogen (secondary N) is 3. The summed E-state index contributed by atoms with van der Waals surface area (Å²) in [5.74, 6) is 0.636. The van der Waals surface area contributed by atoms with Crippen molar-refractivity contribution in [1.29, 1.82) is 0 Å². The maximum absolute atomic E-state index is 12.9. The second kappa shape index (κ2) is 10.8. The van der Waals surface area contributed by atoms with Crippen LogP contribution in [0.3, 0.4) is 0 Å². The molecule has 0 amide bonds. The molecule has 9 heteroatoms. The van der Waals surface area contributed by atoms with E-state index < -0.39 is 5.41 Å². The lowest BCUT2D eigenvalue weighted by Crippen LogP contribution is -2.35. The van der Waals surface area contributed by atoms with E-state index in [9.17, 15) is 4.79 Å². The number of aryl methyl sites for hydroxylation is 2. The number of nitrogens with two attached hydrogens (primary N) is 1. The normalized spacial score (nSPS) is 14.6. The molecule has 1 aliphatic carbocycles. The van der Waals surface area contributed by atoms with Crippen molar-refractivity contribution < 1.29 is 9.68 Å². The Bertz CT molecular complexity index is 1160. The van der Waals surface area contributed by atoms with E-state index in [1.165, 1.54) is 15.8 Å². The largest absolute Gasteiger partial charge is 0.343 e. The lowest BCUT2D eigenvalue weighted by Gasteiger charge is -2.34. The quantitative estimate of drug-likeness (QED) is 0.329. The second-order valence-electron chi connectivity index (χ2n) is 9.29. The highest BCUT2D eigenvalue weighted by Gasteiger charge is 2.43. The Balaban J connectivity index is 1.97. The number of aromatic amines is 1. The van der Waals surface area contributed by atoms with Gasteiger partial charge < -0.3 is 15.4 Å². The minimum atomic E-state index is -0.671. The van der Waals surface area contributed by atoms with Crippen LogP contribution in [0.25, 0.3) is 0 Å². The van der Waals surface area contributed by atoms with E-state index in [2.05, 4.69) is 52.3 Å². The predicted octanol–water partition coefficient (Wildman–Crippen LogP) is 2.24. The van der Waals surface area contributed by atoms with Gasteiger partial charge in [-0.2, -0.15) is 16.1 Å². The fourth-order valence-electron chi connectivity index (χ4n) is 5.22. The molecule has 0 spiro atoms. The molecular formula is C26H36N6O3. The fourth-order valence-corrected chi connectivity index (χ4v) is 5.22. The Hall–Kier alpha value is -2.82. The molecule has 0 fully saturated rings. The van der Waals surface area contributed by atoms with Crippen molar-refractivity contribution in [3.63, 3.8) is 0 Å². The van der Waals surface area contributed by atoms with Gasteiger partial charge in [0.05, 0.1) is 25.7 Å². The van der Waals surface area contributed by atoms with Crippen LogP contribution in [0.15, 0.2) is 41.2 Å². The molecule has 0 saturated heterocycles. The van der Waals surface area contributed by atoms with E-state index in [0.29, 0.717) is 31.9 Å². The average molecular weight is 481 g/mol. The number of rotatable bonds is 10. The van der Waals surface area contributed by atoms with Crippen LogP contribution in [0.1, 0.15) is 65.5 Å². The maximum atomic E-state index is 12.9. The number of hydroxylamine groups is 2. The monoisotopic (exact) mass is 480 g/mol. The minimum absolute atomic E-state index is 0.0582. The van der Waals surface area contributed by atoms with Gasteiger partial charge in [0, 0.05) is 13.1 Å². The molecule has 188 valence electrons. The van der Waals surface area contributed by atoms with Crippen LogP contribution < -0.4 is 22.4 Å². The van der Waals surface area contributed by atoms with Crippen molar-refractivity contribution in [3.05, 3.63) is 86.1 Å². The summed E-state index contributed by atoms with van der Waals surface area (Å²) in [6.07, 6.45) is 2.35. The Morgan fingerprint density at radius 1 is 1.03 bits per heavy atom. The van der Waals surface area contributed by atoms with Gasteiger partial charge in [-0.3, -0.25) is 4.98 Å². The highest BCUT2D eigenvalue weighted by atomic mass is 16.6. The summed E-state index contributed by atoms with van der Waals surface area (Å²) in [5, 5.41) is 4.84. The molecule has 2 aromatic carbocycles. The molecule has 4 rings (SSSR count). The van der Waals surface area contributed by atoms with E-state index in [1.54, 1.807) is 14.2 Å². The highest BCUT2D eigenvalue weighted by molar-refractivity contribution is 5.56. The summed E-state index contributed by atoms with van der Waals surface area (Å²) in [6, 6.07) is 12.9.